The molecule has 6 nitrogen and oxygen atoms in total. The van der Waals surface area contributed by atoms with Crippen molar-refractivity contribution in [3.63, 3.8) is 0 Å². The molecular formula is C16H29N3O3S. The van der Waals surface area contributed by atoms with Crippen LogP contribution in [0.3, 0.4) is 0 Å². The van der Waals surface area contributed by atoms with Gasteiger partial charge in [0.1, 0.15) is 6.04 Å². The second-order valence-electron chi connectivity index (χ2n) is 6.65. The van der Waals surface area contributed by atoms with Crippen molar-refractivity contribution in [2.45, 2.75) is 47.1 Å². The van der Waals surface area contributed by atoms with Crippen molar-refractivity contribution >= 4 is 29.5 Å². The standard InChI is InChI=1S/C16H29N3O3S/c1-6-18(7-2)13(20)8-9-17-14(21)12-10-23-11-19(12)15(22)16(3,4)5/h12H,6-11H2,1-5H3,(H,17,21)/t12-/m0/s1. The molecular weight excluding hydrogens is 314 g/mol. The summed E-state index contributed by atoms with van der Waals surface area (Å²) in [5.41, 5.74) is -0.498. The maximum atomic E-state index is 12.4. The van der Waals surface area contributed by atoms with E-state index in [1.807, 2.05) is 34.6 Å². The Labute approximate surface area is 143 Å². The fourth-order valence-electron chi connectivity index (χ4n) is 2.44. The van der Waals surface area contributed by atoms with Crippen LogP contribution in [-0.2, 0) is 14.4 Å². The van der Waals surface area contributed by atoms with Crippen LogP contribution in [0.2, 0.25) is 0 Å². The van der Waals surface area contributed by atoms with Crippen LogP contribution in [0.5, 0.6) is 0 Å². The van der Waals surface area contributed by atoms with Gasteiger partial charge < -0.3 is 15.1 Å². The smallest absolute Gasteiger partial charge is 0.243 e. The Balaban J connectivity index is 2.51. The Hall–Kier alpha value is -1.24. The van der Waals surface area contributed by atoms with Crippen molar-refractivity contribution in [3.05, 3.63) is 0 Å². The Bertz CT molecular complexity index is 444. The average molecular weight is 343 g/mol. The third-order valence-electron chi connectivity index (χ3n) is 3.84. The first kappa shape index (κ1) is 19.8. The summed E-state index contributed by atoms with van der Waals surface area (Å²) in [5, 5.41) is 2.80. The normalized spacial score (nSPS) is 18.0. The van der Waals surface area contributed by atoms with E-state index in [-0.39, 0.29) is 17.7 Å². The summed E-state index contributed by atoms with van der Waals surface area (Å²) >= 11 is 1.58. The van der Waals surface area contributed by atoms with E-state index in [2.05, 4.69) is 5.32 Å². The lowest BCUT2D eigenvalue weighted by Crippen LogP contribution is -2.50. The molecule has 0 aromatic rings. The summed E-state index contributed by atoms with van der Waals surface area (Å²) in [6.07, 6.45) is 0.292. The predicted octanol–water partition coefficient (Wildman–Crippen LogP) is 1.31. The number of nitrogens with zero attached hydrogens (tertiary/aromatic N) is 2. The van der Waals surface area contributed by atoms with Gasteiger partial charge in [0, 0.05) is 37.2 Å². The van der Waals surface area contributed by atoms with E-state index in [9.17, 15) is 14.4 Å². The molecule has 23 heavy (non-hydrogen) atoms. The summed E-state index contributed by atoms with van der Waals surface area (Å²) in [5.74, 6) is 1.02. The van der Waals surface area contributed by atoms with Crippen molar-refractivity contribution < 1.29 is 14.4 Å². The molecule has 0 spiro atoms. The van der Waals surface area contributed by atoms with Gasteiger partial charge in [0.05, 0.1) is 5.88 Å². The van der Waals surface area contributed by atoms with Crippen LogP contribution < -0.4 is 5.32 Å². The lowest BCUT2D eigenvalue weighted by molar-refractivity contribution is -0.144. The van der Waals surface area contributed by atoms with Crippen molar-refractivity contribution in [2.24, 2.45) is 5.41 Å². The minimum atomic E-state index is -0.498. The quantitative estimate of drug-likeness (QED) is 0.789. The van der Waals surface area contributed by atoms with Gasteiger partial charge >= 0.3 is 0 Å². The Morgan fingerprint density at radius 2 is 1.83 bits per heavy atom. The molecule has 1 N–H and O–H groups in total. The molecule has 1 fully saturated rings. The van der Waals surface area contributed by atoms with E-state index < -0.39 is 11.5 Å². The number of thioether (sulfide) groups is 1. The van der Waals surface area contributed by atoms with Gasteiger partial charge in [-0.1, -0.05) is 20.8 Å². The fourth-order valence-corrected chi connectivity index (χ4v) is 3.59. The highest BCUT2D eigenvalue weighted by molar-refractivity contribution is 7.99. The van der Waals surface area contributed by atoms with Crippen LogP contribution in [0.1, 0.15) is 41.0 Å². The van der Waals surface area contributed by atoms with Crippen molar-refractivity contribution in [1.29, 1.82) is 0 Å². The van der Waals surface area contributed by atoms with Crippen LogP contribution >= 0.6 is 11.8 Å². The van der Waals surface area contributed by atoms with Crippen molar-refractivity contribution in [2.75, 3.05) is 31.3 Å². The third-order valence-corrected chi connectivity index (χ3v) is 4.85. The Morgan fingerprint density at radius 3 is 2.35 bits per heavy atom. The second kappa shape index (κ2) is 8.57. The second-order valence-corrected chi connectivity index (χ2v) is 7.65. The predicted molar refractivity (Wildman–Crippen MR) is 93.0 cm³/mol. The topological polar surface area (TPSA) is 69.7 Å². The van der Waals surface area contributed by atoms with Gasteiger partial charge in [-0.2, -0.15) is 0 Å². The van der Waals surface area contributed by atoms with Gasteiger partial charge in [-0.05, 0) is 13.8 Å². The first-order valence-corrected chi connectivity index (χ1v) is 9.32. The highest BCUT2D eigenvalue weighted by atomic mass is 32.2. The van der Waals surface area contributed by atoms with Gasteiger partial charge in [0.25, 0.3) is 0 Å². The van der Waals surface area contributed by atoms with Crippen LogP contribution in [0.15, 0.2) is 0 Å². The first-order chi connectivity index (χ1) is 10.7. The number of nitrogens with one attached hydrogen (secondary N) is 1. The lowest BCUT2D eigenvalue weighted by Gasteiger charge is -2.29. The molecule has 3 amide bonds. The van der Waals surface area contributed by atoms with Gasteiger partial charge in [-0.25, -0.2) is 0 Å². The van der Waals surface area contributed by atoms with Crippen molar-refractivity contribution in [1.82, 2.24) is 15.1 Å². The molecule has 1 atom stereocenters. The monoisotopic (exact) mass is 343 g/mol. The van der Waals surface area contributed by atoms with E-state index in [0.717, 1.165) is 0 Å². The summed E-state index contributed by atoms with van der Waals surface area (Å²) < 4.78 is 0. The van der Waals surface area contributed by atoms with Gasteiger partial charge in [-0.15, -0.1) is 11.8 Å². The molecule has 1 rings (SSSR count). The number of hydrogen-bond acceptors (Lipinski definition) is 4. The largest absolute Gasteiger partial charge is 0.354 e. The first-order valence-electron chi connectivity index (χ1n) is 8.16. The molecule has 132 valence electrons. The molecule has 0 unspecified atom stereocenters. The minimum Gasteiger partial charge on any atom is -0.354 e. The van der Waals surface area contributed by atoms with E-state index in [1.165, 1.54) is 0 Å². The fraction of sp³-hybridized carbons (Fsp3) is 0.812. The molecule has 0 aliphatic carbocycles. The molecule has 7 heteroatoms. The number of amides is 3. The van der Waals surface area contributed by atoms with E-state index >= 15 is 0 Å². The number of hydrogen-bond donors (Lipinski definition) is 1. The van der Waals surface area contributed by atoms with E-state index in [1.54, 1.807) is 21.6 Å². The summed E-state index contributed by atoms with van der Waals surface area (Å²) in [6.45, 7) is 11.1. The summed E-state index contributed by atoms with van der Waals surface area (Å²) in [4.78, 5) is 40.0. The maximum Gasteiger partial charge on any atom is 0.243 e. The Kier molecular flexibility index (Phi) is 7.38. The van der Waals surface area contributed by atoms with Crippen LogP contribution in [-0.4, -0.2) is 64.8 Å². The Morgan fingerprint density at radius 1 is 1.22 bits per heavy atom. The molecule has 1 saturated heterocycles. The lowest BCUT2D eigenvalue weighted by atomic mass is 9.94. The van der Waals surface area contributed by atoms with Gasteiger partial charge in [0.2, 0.25) is 17.7 Å². The zero-order valence-corrected chi connectivity index (χ0v) is 15.7. The summed E-state index contributed by atoms with van der Waals surface area (Å²) in [6, 6.07) is -0.435. The molecule has 0 aromatic carbocycles. The number of carbonyl (C=O) groups excluding carboxylic acids is 3. The third kappa shape index (κ3) is 5.41. The molecule has 1 aliphatic heterocycles. The number of rotatable bonds is 6. The molecule has 1 heterocycles. The highest BCUT2D eigenvalue weighted by Crippen LogP contribution is 2.27. The highest BCUT2D eigenvalue weighted by Gasteiger charge is 2.38. The molecule has 0 saturated carbocycles. The zero-order chi connectivity index (χ0) is 17.6. The molecule has 0 aromatic heterocycles. The molecule has 0 bridgehead atoms. The zero-order valence-electron chi connectivity index (χ0n) is 14.8. The van der Waals surface area contributed by atoms with Crippen molar-refractivity contribution in [3.8, 4) is 0 Å². The van der Waals surface area contributed by atoms with Crippen LogP contribution in [0, 0.1) is 5.41 Å². The molecule has 1 aliphatic rings. The van der Waals surface area contributed by atoms with E-state index in [0.29, 0.717) is 37.7 Å². The van der Waals surface area contributed by atoms with Crippen LogP contribution in [0.4, 0.5) is 0 Å². The van der Waals surface area contributed by atoms with Crippen LogP contribution in [0.25, 0.3) is 0 Å². The SMILES string of the molecule is CCN(CC)C(=O)CCNC(=O)[C@@H]1CSCN1C(=O)C(C)(C)C. The van der Waals surface area contributed by atoms with Gasteiger partial charge in [0.15, 0.2) is 0 Å². The minimum absolute atomic E-state index is 0.0122. The van der Waals surface area contributed by atoms with E-state index in [4.69, 9.17) is 0 Å². The molecule has 0 radical (unpaired) electrons. The number of carbonyl (C=O) groups is 3. The average Bonchev–Trinajstić information content (AvgIpc) is 2.95. The summed E-state index contributed by atoms with van der Waals surface area (Å²) in [7, 11) is 0. The van der Waals surface area contributed by atoms with Gasteiger partial charge in [-0.3, -0.25) is 14.4 Å². The maximum absolute atomic E-state index is 12.4.